The van der Waals surface area contributed by atoms with E-state index in [4.69, 9.17) is 4.74 Å². The van der Waals surface area contributed by atoms with Crippen LogP contribution in [-0.2, 0) is 11.3 Å². The van der Waals surface area contributed by atoms with Crippen molar-refractivity contribution < 1.29 is 4.74 Å². The summed E-state index contributed by atoms with van der Waals surface area (Å²) in [5, 5.41) is 2.46. The average Bonchev–Trinajstić information content (AvgIpc) is 2.29. The summed E-state index contributed by atoms with van der Waals surface area (Å²) in [5.74, 6) is 0. The Morgan fingerprint density at radius 1 is 1.06 bits per heavy atom. The Morgan fingerprint density at radius 3 is 3.00 bits per heavy atom. The lowest BCUT2D eigenvalue weighted by Gasteiger charge is -2.10. The van der Waals surface area contributed by atoms with Gasteiger partial charge in [-0.25, -0.2) is 0 Å². The van der Waals surface area contributed by atoms with E-state index in [-0.39, 0.29) is 0 Å². The Kier molecular flexibility index (Phi) is 2.18. The maximum Gasteiger partial charge on any atom is 0.113 e. The molecule has 0 unspecified atom stereocenters. The third kappa shape index (κ3) is 1.48. The van der Waals surface area contributed by atoms with Crippen LogP contribution in [-0.4, -0.2) is 6.21 Å². The first kappa shape index (κ1) is 9.16. The van der Waals surface area contributed by atoms with Gasteiger partial charge in [-0.1, -0.05) is 36.4 Å². The van der Waals surface area contributed by atoms with Gasteiger partial charge in [0, 0.05) is 11.8 Å². The number of fused-ring (bicyclic) bond motifs is 3. The molecule has 0 fully saturated rings. The van der Waals surface area contributed by atoms with E-state index in [2.05, 4.69) is 29.3 Å². The summed E-state index contributed by atoms with van der Waals surface area (Å²) in [6.07, 6.45) is 5.19. The molecule has 1 aliphatic heterocycles. The quantitative estimate of drug-likeness (QED) is 0.652. The van der Waals surface area contributed by atoms with Crippen LogP contribution < -0.4 is 0 Å². The van der Waals surface area contributed by atoms with Crippen molar-refractivity contribution in [3.8, 4) is 0 Å². The third-order valence-corrected chi connectivity index (χ3v) is 2.75. The number of nitrogens with zero attached hydrogens (tertiary/aromatic N) is 1. The van der Waals surface area contributed by atoms with Crippen LogP contribution >= 0.6 is 0 Å². The number of hydrogen-bond acceptors (Lipinski definition) is 2. The average molecular weight is 209 g/mol. The summed E-state index contributed by atoms with van der Waals surface area (Å²) >= 11 is 0. The van der Waals surface area contributed by atoms with Crippen LogP contribution in [0.5, 0.6) is 0 Å². The van der Waals surface area contributed by atoms with Crippen LogP contribution in [0.2, 0.25) is 0 Å². The molecule has 2 aromatic carbocycles. The summed E-state index contributed by atoms with van der Waals surface area (Å²) in [4.78, 5) is 4.19. The van der Waals surface area contributed by atoms with E-state index in [0.717, 1.165) is 5.56 Å². The van der Waals surface area contributed by atoms with E-state index in [1.54, 1.807) is 12.5 Å². The van der Waals surface area contributed by atoms with Crippen molar-refractivity contribution in [1.82, 2.24) is 0 Å². The normalized spacial score (nSPS) is 14.0. The van der Waals surface area contributed by atoms with Gasteiger partial charge in [0.2, 0.25) is 0 Å². The standard InChI is InChI=1S/C14H11NO/c1-2-4-13-11(3-1)5-6-12-10-16-8-7-15-9-14(12)13/h1-9H,10H2. The molecule has 78 valence electrons. The van der Waals surface area contributed by atoms with Gasteiger partial charge in [-0.2, -0.15) is 0 Å². The molecule has 0 saturated heterocycles. The minimum atomic E-state index is 0.600. The van der Waals surface area contributed by atoms with E-state index in [1.807, 2.05) is 18.3 Å². The Bertz CT molecular complexity index is 584. The summed E-state index contributed by atoms with van der Waals surface area (Å²) in [6, 6.07) is 12.5. The van der Waals surface area contributed by atoms with Gasteiger partial charge in [0.15, 0.2) is 0 Å². The maximum absolute atomic E-state index is 5.36. The van der Waals surface area contributed by atoms with E-state index in [9.17, 15) is 0 Å². The molecule has 1 heterocycles. The van der Waals surface area contributed by atoms with E-state index < -0.39 is 0 Å². The summed E-state index contributed by atoms with van der Waals surface area (Å²) in [5.41, 5.74) is 2.33. The Balaban J connectivity index is 2.31. The molecule has 0 radical (unpaired) electrons. The number of aliphatic imine (C=N–C) groups is 1. The SMILES string of the molecule is C1=COCc2ccc3ccccc3c2C=N1. The minimum Gasteiger partial charge on any atom is -0.495 e. The fourth-order valence-corrected chi connectivity index (χ4v) is 1.95. The predicted molar refractivity (Wildman–Crippen MR) is 65.5 cm³/mol. The second-order valence-corrected chi connectivity index (χ2v) is 3.73. The highest BCUT2D eigenvalue weighted by Crippen LogP contribution is 2.22. The lowest BCUT2D eigenvalue weighted by molar-refractivity contribution is 0.235. The van der Waals surface area contributed by atoms with E-state index in [1.165, 1.54) is 16.3 Å². The van der Waals surface area contributed by atoms with Gasteiger partial charge in [-0.05, 0) is 16.3 Å². The van der Waals surface area contributed by atoms with Gasteiger partial charge >= 0.3 is 0 Å². The van der Waals surface area contributed by atoms with Gasteiger partial charge in [0.1, 0.15) is 12.9 Å². The first-order valence-corrected chi connectivity index (χ1v) is 5.25. The maximum atomic E-state index is 5.36. The van der Waals surface area contributed by atoms with Gasteiger partial charge in [-0.3, -0.25) is 4.99 Å². The predicted octanol–water partition coefficient (Wildman–Crippen LogP) is 3.26. The molecular weight excluding hydrogens is 198 g/mol. The molecule has 0 bridgehead atoms. The van der Waals surface area contributed by atoms with Gasteiger partial charge in [0.05, 0.1) is 6.20 Å². The molecular formula is C14H11NO. The molecule has 0 N–H and O–H groups in total. The van der Waals surface area contributed by atoms with Crippen LogP contribution in [0.1, 0.15) is 11.1 Å². The smallest absolute Gasteiger partial charge is 0.113 e. The molecule has 2 heteroatoms. The highest BCUT2D eigenvalue weighted by atomic mass is 16.5. The topological polar surface area (TPSA) is 21.6 Å². The molecule has 3 rings (SSSR count). The van der Waals surface area contributed by atoms with Crippen LogP contribution in [0, 0.1) is 0 Å². The van der Waals surface area contributed by atoms with Crippen LogP contribution in [0.15, 0.2) is 53.9 Å². The number of rotatable bonds is 0. The van der Waals surface area contributed by atoms with Crippen molar-refractivity contribution >= 4 is 17.0 Å². The van der Waals surface area contributed by atoms with Crippen LogP contribution in [0.25, 0.3) is 10.8 Å². The highest BCUT2D eigenvalue weighted by molar-refractivity contribution is 6.01. The zero-order valence-electron chi connectivity index (χ0n) is 8.76. The molecule has 0 spiro atoms. The first-order valence-electron chi connectivity index (χ1n) is 5.25. The number of ether oxygens (including phenoxy) is 1. The number of hydrogen-bond donors (Lipinski definition) is 0. The third-order valence-electron chi connectivity index (χ3n) is 2.75. The van der Waals surface area contributed by atoms with Crippen LogP contribution in [0.3, 0.4) is 0 Å². The van der Waals surface area contributed by atoms with Crippen molar-refractivity contribution in [3.05, 3.63) is 60.0 Å². The molecule has 0 aromatic heterocycles. The Labute approximate surface area is 93.9 Å². The van der Waals surface area contributed by atoms with Gasteiger partial charge in [0.25, 0.3) is 0 Å². The van der Waals surface area contributed by atoms with Gasteiger partial charge < -0.3 is 4.74 Å². The summed E-state index contributed by atoms with van der Waals surface area (Å²) < 4.78 is 5.36. The van der Waals surface area contributed by atoms with Crippen molar-refractivity contribution in [2.75, 3.05) is 0 Å². The Hall–Kier alpha value is -2.09. The van der Waals surface area contributed by atoms with Crippen molar-refractivity contribution in [2.45, 2.75) is 6.61 Å². The summed E-state index contributed by atoms with van der Waals surface area (Å²) in [6.45, 7) is 0.600. The van der Waals surface area contributed by atoms with Gasteiger partial charge in [-0.15, -0.1) is 0 Å². The van der Waals surface area contributed by atoms with Crippen molar-refractivity contribution in [3.63, 3.8) is 0 Å². The fourth-order valence-electron chi connectivity index (χ4n) is 1.95. The summed E-state index contributed by atoms with van der Waals surface area (Å²) in [7, 11) is 0. The van der Waals surface area contributed by atoms with E-state index >= 15 is 0 Å². The molecule has 1 aliphatic rings. The number of benzene rings is 2. The van der Waals surface area contributed by atoms with Crippen molar-refractivity contribution in [2.24, 2.45) is 4.99 Å². The Morgan fingerprint density at radius 2 is 2.00 bits per heavy atom. The minimum absolute atomic E-state index is 0.600. The molecule has 0 amide bonds. The highest BCUT2D eigenvalue weighted by Gasteiger charge is 2.06. The molecule has 2 aromatic rings. The second-order valence-electron chi connectivity index (χ2n) is 3.73. The van der Waals surface area contributed by atoms with Crippen LogP contribution in [0.4, 0.5) is 0 Å². The lowest BCUT2D eigenvalue weighted by atomic mass is 10.00. The molecule has 16 heavy (non-hydrogen) atoms. The largest absolute Gasteiger partial charge is 0.495 e. The van der Waals surface area contributed by atoms with Crippen molar-refractivity contribution in [1.29, 1.82) is 0 Å². The fraction of sp³-hybridized carbons (Fsp3) is 0.0714. The molecule has 2 nitrogen and oxygen atoms in total. The first-order chi connectivity index (χ1) is 7.95. The lowest BCUT2D eigenvalue weighted by Crippen LogP contribution is -1.97. The molecule has 0 saturated carbocycles. The molecule has 0 atom stereocenters. The molecule has 0 aliphatic carbocycles. The second kappa shape index (κ2) is 3.81. The van der Waals surface area contributed by atoms with E-state index in [0.29, 0.717) is 6.61 Å². The zero-order chi connectivity index (χ0) is 10.8. The monoisotopic (exact) mass is 209 g/mol. The zero-order valence-corrected chi connectivity index (χ0v) is 8.76.